The molecule has 0 aromatic heterocycles. The normalized spacial score (nSPS) is 11.5. The van der Waals surface area contributed by atoms with Crippen LogP contribution in [-0.2, 0) is 17.6 Å². The molecule has 0 N–H and O–H groups in total. The lowest BCUT2D eigenvalue weighted by atomic mass is 10.0. The van der Waals surface area contributed by atoms with E-state index >= 15 is 0 Å². The Hall–Kier alpha value is -3.67. The average Bonchev–Trinajstić information content (AvgIpc) is 2.90. The molecule has 35 heavy (non-hydrogen) atoms. The third-order valence-electron chi connectivity index (χ3n) is 6.19. The van der Waals surface area contributed by atoms with Crippen molar-refractivity contribution in [3.05, 3.63) is 83.4 Å². The summed E-state index contributed by atoms with van der Waals surface area (Å²) < 4.78 is 21.5. The number of methoxy groups -OCH3 is 4. The van der Waals surface area contributed by atoms with E-state index in [1.54, 1.807) is 28.4 Å². The molecule has 0 fully saturated rings. The number of amides is 1. The van der Waals surface area contributed by atoms with E-state index in [-0.39, 0.29) is 18.4 Å². The number of nitrogens with zero attached hydrogens (tertiary/aromatic N) is 1. The fraction of sp³-hybridized carbons (Fsp3) is 0.345. The molecule has 1 amide bonds. The van der Waals surface area contributed by atoms with Gasteiger partial charge in [-0.25, -0.2) is 0 Å². The highest BCUT2D eigenvalue weighted by Gasteiger charge is 2.22. The highest BCUT2D eigenvalue weighted by atomic mass is 16.5. The molecule has 3 rings (SSSR count). The van der Waals surface area contributed by atoms with E-state index in [2.05, 4.69) is 19.1 Å². The summed E-state index contributed by atoms with van der Waals surface area (Å²) in [5.74, 6) is 2.76. The van der Waals surface area contributed by atoms with Gasteiger partial charge in [-0.15, -0.1) is 0 Å². The number of benzene rings is 3. The van der Waals surface area contributed by atoms with Crippen LogP contribution in [0.1, 0.15) is 36.1 Å². The van der Waals surface area contributed by atoms with Crippen LogP contribution < -0.4 is 18.9 Å². The van der Waals surface area contributed by atoms with Crippen LogP contribution in [0.5, 0.6) is 23.0 Å². The summed E-state index contributed by atoms with van der Waals surface area (Å²) in [4.78, 5) is 15.5. The van der Waals surface area contributed by atoms with Gasteiger partial charge in [0, 0.05) is 6.54 Å². The molecule has 6 heteroatoms. The van der Waals surface area contributed by atoms with Crippen LogP contribution in [0.4, 0.5) is 0 Å². The van der Waals surface area contributed by atoms with E-state index in [9.17, 15) is 4.79 Å². The molecule has 0 heterocycles. The van der Waals surface area contributed by atoms with Gasteiger partial charge < -0.3 is 23.8 Å². The first-order chi connectivity index (χ1) is 17.0. The second-order valence-corrected chi connectivity index (χ2v) is 8.33. The van der Waals surface area contributed by atoms with E-state index in [0.717, 1.165) is 29.5 Å². The van der Waals surface area contributed by atoms with Crippen LogP contribution in [0, 0.1) is 0 Å². The van der Waals surface area contributed by atoms with Crippen molar-refractivity contribution >= 4 is 5.91 Å². The van der Waals surface area contributed by atoms with Gasteiger partial charge in [-0.2, -0.15) is 0 Å². The fourth-order valence-electron chi connectivity index (χ4n) is 4.20. The molecular formula is C29H35NO5. The maximum absolute atomic E-state index is 13.5. The van der Waals surface area contributed by atoms with Crippen molar-refractivity contribution in [2.75, 3.05) is 35.0 Å². The number of carbonyl (C=O) groups is 1. The first-order valence-corrected chi connectivity index (χ1v) is 11.8. The number of hydrogen-bond acceptors (Lipinski definition) is 5. The van der Waals surface area contributed by atoms with Gasteiger partial charge in [0.15, 0.2) is 23.0 Å². The van der Waals surface area contributed by atoms with Crippen molar-refractivity contribution in [3.8, 4) is 23.0 Å². The number of hydrogen-bond donors (Lipinski definition) is 0. The Morgan fingerprint density at radius 2 is 1.29 bits per heavy atom. The quantitative estimate of drug-likeness (QED) is 0.345. The van der Waals surface area contributed by atoms with Gasteiger partial charge in [-0.1, -0.05) is 42.5 Å². The third-order valence-corrected chi connectivity index (χ3v) is 6.19. The van der Waals surface area contributed by atoms with E-state index in [1.165, 1.54) is 0 Å². The molecule has 1 atom stereocenters. The summed E-state index contributed by atoms with van der Waals surface area (Å²) in [5, 5.41) is 0. The van der Waals surface area contributed by atoms with Crippen molar-refractivity contribution < 1.29 is 23.7 Å². The Bertz CT molecular complexity index is 1100. The molecule has 0 saturated heterocycles. The van der Waals surface area contributed by atoms with Gasteiger partial charge in [-0.3, -0.25) is 4.79 Å². The standard InChI is InChI=1S/C29H35NO5/c1-21(24-11-7-6-8-12-24)30(17-9-10-22-13-15-25(32-2)27(18-22)34-4)29(31)20-23-14-16-26(33-3)28(19-23)35-5/h6-8,11-16,18-19,21H,9-10,17,20H2,1-5H3/t21-/m0/s1. The zero-order valence-corrected chi connectivity index (χ0v) is 21.2. The lowest BCUT2D eigenvalue weighted by Crippen LogP contribution is -2.35. The summed E-state index contributed by atoms with van der Waals surface area (Å²) >= 11 is 0. The SMILES string of the molecule is COc1ccc(CCCN(C(=O)Cc2ccc(OC)c(OC)c2)[C@@H](C)c2ccccc2)cc1OC. The smallest absolute Gasteiger partial charge is 0.227 e. The van der Waals surface area contributed by atoms with Crippen molar-refractivity contribution in [3.63, 3.8) is 0 Å². The predicted octanol–water partition coefficient (Wildman–Crippen LogP) is 5.49. The number of aryl methyl sites for hydroxylation is 1. The number of rotatable bonds is 12. The van der Waals surface area contributed by atoms with Crippen LogP contribution in [0.2, 0.25) is 0 Å². The van der Waals surface area contributed by atoms with E-state index in [0.29, 0.717) is 29.5 Å². The van der Waals surface area contributed by atoms with Crippen molar-refractivity contribution in [2.45, 2.75) is 32.2 Å². The molecule has 0 aliphatic heterocycles. The lowest BCUT2D eigenvalue weighted by Gasteiger charge is -2.30. The van der Waals surface area contributed by atoms with Gasteiger partial charge in [0.2, 0.25) is 5.91 Å². The summed E-state index contributed by atoms with van der Waals surface area (Å²) in [6.07, 6.45) is 1.93. The summed E-state index contributed by atoms with van der Waals surface area (Å²) in [5.41, 5.74) is 3.14. The van der Waals surface area contributed by atoms with E-state index in [1.807, 2.05) is 59.5 Å². The minimum atomic E-state index is -0.0470. The van der Waals surface area contributed by atoms with Crippen molar-refractivity contribution in [2.24, 2.45) is 0 Å². The van der Waals surface area contributed by atoms with Gasteiger partial charge in [0.25, 0.3) is 0 Å². The highest BCUT2D eigenvalue weighted by Crippen LogP contribution is 2.30. The maximum Gasteiger partial charge on any atom is 0.227 e. The summed E-state index contributed by atoms with van der Waals surface area (Å²) in [6, 6.07) is 21.7. The van der Waals surface area contributed by atoms with Crippen molar-refractivity contribution in [1.82, 2.24) is 4.90 Å². The summed E-state index contributed by atoms with van der Waals surface area (Å²) in [6.45, 7) is 2.72. The second kappa shape index (κ2) is 12.7. The molecule has 6 nitrogen and oxygen atoms in total. The summed E-state index contributed by atoms with van der Waals surface area (Å²) in [7, 11) is 6.47. The van der Waals surface area contributed by atoms with Gasteiger partial charge in [0.05, 0.1) is 40.9 Å². The fourth-order valence-corrected chi connectivity index (χ4v) is 4.20. The number of carbonyl (C=O) groups excluding carboxylic acids is 1. The van der Waals surface area contributed by atoms with Gasteiger partial charge in [-0.05, 0) is 60.7 Å². The molecule has 0 spiro atoms. The lowest BCUT2D eigenvalue weighted by molar-refractivity contribution is -0.132. The predicted molar refractivity (Wildman–Crippen MR) is 138 cm³/mol. The second-order valence-electron chi connectivity index (χ2n) is 8.33. The van der Waals surface area contributed by atoms with Gasteiger partial charge >= 0.3 is 0 Å². The molecule has 0 radical (unpaired) electrons. The zero-order valence-electron chi connectivity index (χ0n) is 21.2. The van der Waals surface area contributed by atoms with E-state index < -0.39 is 0 Å². The van der Waals surface area contributed by atoms with Crippen LogP contribution in [0.15, 0.2) is 66.7 Å². The molecule has 0 saturated carbocycles. The molecule has 186 valence electrons. The minimum absolute atomic E-state index is 0.0470. The Morgan fingerprint density at radius 3 is 1.86 bits per heavy atom. The Morgan fingerprint density at radius 1 is 0.743 bits per heavy atom. The Kier molecular flexibility index (Phi) is 9.41. The van der Waals surface area contributed by atoms with Crippen LogP contribution in [0.3, 0.4) is 0 Å². The maximum atomic E-state index is 13.5. The number of ether oxygens (including phenoxy) is 4. The molecule has 0 aliphatic rings. The van der Waals surface area contributed by atoms with Crippen LogP contribution in [0.25, 0.3) is 0 Å². The zero-order chi connectivity index (χ0) is 25.2. The monoisotopic (exact) mass is 477 g/mol. The highest BCUT2D eigenvalue weighted by molar-refractivity contribution is 5.79. The van der Waals surface area contributed by atoms with Crippen molar-refractivity contribution in [1.29, 1.82) is 0 Å². The van der Waals surface area contributed by atoms with E-state index in [4.69, 9.17) is 18.9 Å². The van der Waals surface area contributed by atoms with Gasteiger partial charge in [0.1, 0.15) is 0 Å². The third kappa shape index (κ3) is 6.69. The molecule has 0 unspecified atom stereocenters. The molecule has 3 aromatic carbocycles. The first-order valence-electron chi connectivity index (χ1n) is 11.8. The molecular weight excluding hydrogens is 442 g/mol. The molecule has 0 aliphatic carbocycles. The molecule has 0 bridgehead atoms. The Balaban J connectivity index is 1.76. The molecule has 3 aromatic rings. The Labute approximate surface area is 208 Å². The van der Waals surface area contributed by atoms with Crippen LogP contribution >= 0.6 is 0 Å². The largest absolute Gasteiger partial charge is 0.493 e. The first kappa shape index (κ1) is 25.9. The van der Waals surface area contributed by atoms with Crippen LogP contribution in [-0.4, -0.2) is 45.8 Å². The minimum Gasteiger partial charge on any atom is -0.493 e. The average molecular weight is 478 g/mol. The topological polar surface area (TPSA) is 57.2 Å².